The number of hydrogen-bond acceptors (Lipinski definition) is 6. The summed E-state index contributed by atoms with van der Waals surface area (Å²) in [5, 5.41) is 5.54. The zero-order valence-corrected chi connectivity index (χ0v) is 18.4. The molecule has 0 spiro atoms. The number of likely N-dealkylation sites (N-methyl/N-ethyl adjacent to an activating group) is 1. The van der Waals surface area contributed by atoms with Gasteiger partial charge >= 0.3 is 0 Å². The average Bonchev–Trinajstić information content (AvgIpc) is 3.29. The van der Waals surface area contributed by atoms with E-state index in [1.54, 1.807) is 0 Å². The highest BCUT2D eigenvalue weighted by Crippen LogP contribution is 2.33. The molecule has 1 aromatic heterocycles. The van der Waals surface area contributed by atoms with Gasteiger partial charge in [0.05, 0.1) is 12.2 Å². The van der Waals surface area contributed by atoms with Crippen LogP contribution in [0.15, 0.2) is 35.7 Å². The Kier molecular flexibility index (Phi) is 5.74. The second-order valence-corrected chi connectivity index (χ2v) is 8.58. The molecule has 1 N–H and O–H groups in total. The highest BCUT2D eigenvalue weighted by molar-refractivity contribution is 7.14. The van der Waals surface area contributed by atoms with Gasteiger partial charge in [-0.25, -0.2) is 4.98 Å². The molecular formula is C23H25N3O3S. The topological polar surface area (TPSA) is 63.7 Å². The van der Waals surface area contributed by atoms with E-state index in [1.165, 1.54) is 28.0 Å². The molecule has 0 saturated heterocycles. The fraction of sp³-hybridized carbons (Fsp3) is 0.304. The van der Waals surface area contributed by atoms with Crippen LogP contribution in [-0.2, 0) is 11.3 Å². The predicted molar refractivity (Wildman–Crippen MR) is 119 cm³/mol. The lowest BCUT2D eigenvalue weighted by Crippen LogP contribution is -2.29. The number of aryl methyl sites for hydroxylation is 3. The molecular weight excluding hydrogens is 398 g/mol. The molecule has 30 heavy (non-hydrogen) atoms. The van der Waals surface area contributed by atoms with E-state index in [4.69, 9.17) is 9.47 Å². The zero-order chi connectivity index (χ0) is 21.3. The van der Waals surface area contributed by atoms with E-state index in [-0.39, 0.29) is 19.2 Å². The fourth-order valence-electron chi connectivity index (χ4n) is 3.84. The van der Waals surface area contributed by atoms with Gasteiger partial charge in [0, 0.05) is 17.5 Å². The number of amides is 1. The third kappa shape index (κ3) is 4.47. The van der Waals surface area contributed by atoms with E-state index in [0.29, 0.717) is 11.7 Å². The van der Waals surface area contributed by atoms with Gasteiger partial charge in [-0.05, 0) is 56.6 Å². The SMILES string of the molecule is Cc1cc(C)c(-c2csc(NC(=O)CN(C)Cc3ccc4c(c3)OCO4)n2)c(C)c1. The van der Waals surface area contributed by atoms with Crippen LogP contribution in [0.25, 0.3) is 11.3 Å². The molecule has 156 valence electrons. The summed E-state index contributed by atoms with van der Waals surface area (Å²) in [6.07, 6.45) is 0. The average molecular weight is 424 g/mol. The Morgan fingerprint density at radius 1 is 1.13 bits per heavy atom. The first-order valence-corrected chi connectivity index (χ1v) is 10.7. The second kappa shape index (κ2) is 8.45. The number of ether oxygens (including phenoxy) is 2. The van der Waals surface area contributed by atoms with Crippen molar-refractivity contribution in [1.82, 2.24) is 9.88 Å². The monoisotopic (exact) mass is 423 g/mol. The number of carbonyl (C=O) groups excluding carboxylic acids is 1. The minimum Gasteiger partial charge on any atom is -0.454 e. The van der Waals surface area contributed by atoms with Crippen LogP contribution in [0.5, 0.6) is 11.5 Å². The smallest absolute Gasteiger partial charge is 0.240 e. The standard InChI is InChI=1S/C23H25N3O3S/c1-14-7-15(2)22(16(3)8-14)18-12-30-23(24-18)25-21(27)11-26(4)10-17-5-6-19-20(9-17)29-13-28-19/h5-9,12H,10-11,13H2,1-4H3,(H,24,25,27). The van der Waals surface area contributed by atoms with Gasteiger partial charge in [0.2, 0.25) is 12.7 Å². The molecule has 7 heteroatoms. The molecule has 0 aliphatic carbocycles. The lowest BCUT2D eigenvalue weighted by atomic mass is 9.98. The van der Waals surface area contributed by atoms with Crippen LogP contribution in [0.1, 0.15) is 22.3 Å². The van der Waals surface area contributed by atoms with Crippen LogP contribution in [0.4, 0.5) is 5.13 Å². The van der Waals surface area contributed by atoms with Crippen molar-refractivity contribution in [3.05, 3.63) is 58.0 Å². The maximum absolute atomic E-state index is 12.5. The van der Waals surface area contributed by atoms with Crippen molar-refractivity contribution in [3.8, 4) is 22.8 Å². The predicted octanol–water partition coefficient (Wildman–Crippen LogP) is 4.53. The van der Waals surface area contributed by atoms with E-state index in [1.807, 2.05) is 35.5 Å². The number of hydrogen-bond donors (Lipinski definition) is 1. The molecule has 0 unspecified atom stereocenters. The normalized spacial score (nSPS) is 12.4. The molecule has 1 aliphatic heterocycles. The Morgan fingerprint density at radius 3 is 2.63 bits per heavy atom. The van der Waals surface area contributed by atoms with Crippen LogP contribution < -0.4 is 14.8 Å². The lowest BCUT2D eigenvalue weighted by molar-refractivity contribution is -0.117. The minimum atomic E-state index is -0.0866. The molecule has 0 radical (unpaired) electrons. The first-order chi connectivity index (χ1) is 14.4. The number of benzene rings is 2. The van der Waals surface area contributed by atoms with E-state index >= 15 is 0 Å². The van der Waals surface area contributed by atoms with Gasteiger partial charge in [-0.2, -0.15) is 0 Å². The second-order valence-electron chi connectivity index (χ2n) is 7.72. The number of carbonyl (C=O) groups is 1. The first kappa shape index (κ1) is 20.4. The zero-order valence-electron chi connectivity index (χ0n) is 17.6. The van der Waals surface area contributed by atoms with Crippen LogP contribution in [-0.4, -0.2) is 36.2 Å². The van der Waals surface area contributed by atoms with Crippen LogP contribution in [0, 0.1) is 20.8 Å². The van der Waals surface area contributed by atoms with Crippen molar-refractivity contribution in [2.24, 2.45) is 0 Å². The number of aromatic nitrogens is 1. The minimum absolute atomic E-state index is 0.0866. The fourth-order valence-corrected chi connectivity index (χ4v) is 4.56. The number of anilines is 1. The van der Waals surface area contributed by atoms with Crippen molar-refractivity contribution in [3.63, 3.8) is 0 Å². The molecule has 4 rings (SSSR count). The van der Waals surface area contributed by atoms with Gasteiger partial charge < -0.3 is 14.8 Å². The van der Waals surface area contributed by atoms with Crippen molar-refractivity contribution < 1.29 is 14.3 Å². The molecule has 3 aromatic rings. The Labute approximate surface area is 180 Å². The molecule has 0 bridgehead atoms. The molecule has 0 atom stereocenters. The Bertz CT molecular complexity index is 1070. The summed E-state index contributed by atoms with van der Waals surface area (Å²) in [6, 6.07) is 10.2. The van der Waals surface area contributed by atoms with Gasteiger partial charge in [-0.3, -0.25) is 9.69 Å². The largest absolute Gasteiger partial charge is 0.454 e. The highest BCUT2D eigenvalue weighted by Gasteiger charge is 2.16. The maximum atomic E-state index is 12.5. The third-order valence-corrected chi connectivity index (χ3v) is 5.74. The summed E-state index contributed by atoms with van der Waals surface area (Å²) in [7, 11) is 1.91. The Hall–Kier alpha value is -2.90. The van der Waals surface area contributed by atoms with Crippen molar-refractivity contribution >= 4 is 22.4 Å². The number of nitrogens with zero attached hydrogens (tertiary/aromatic N) is 2. The quantitative estimate of drug-likeness (QED) is 0.631. The molecule has 2 aromatic carbocycles. The summed E-state index contributed by atoms with van der Waals surface area (Å²) in [6.45, 7) is 7.45. The Morgan fingerprint density at radius 2 is 1.87 bits per heavy atom. The van der Waals surface area contributed by atoms with Gasteiger partial charge in [-0.1, -0.05) is 23.8 Å². The van der Waals surface area contributed by atoms with Crippen LogP contribution in [0.3, 0.4) is 0 Å². The summed E-state index contributed by atoms with van der Waals surface area (Å²) in [5.41, 5.74) is 6.73. The van der Waals surface area contributed by atoms with Crippen LogP contribution in [0.2, 0.25) is 0 Å². The molecule has 6 nitrogen and oxygen atoms in total. The number of rotatable bonds is 6. The van der Waals surface area contributed by atoms with Crippen molar-refractivity contribution in [2.45, 2.75) is 27.3 Å². The third-order valence-electron chi connectivity index (χ3n) is 4.99. The van der Waals surface area contributed by atoms with Gasteiger partial charge in [-0.15, -0.1) is 11.3 Å². The lowest BCUT2D eigenvalue weighted by Gasteiger charge is -2.16. The summed E-state index contributed by atoms with van der Waals surface area (Å²) in [5.74, 6) is 1.43. The molecule has 1 aliphatic rings. The van der Waals surface area contributed by atoms with E-state index in [2.05, 4.69) is 43.2 Å². The number of nitrogens with one attached hydrogen (secondary N) is 1. The maximum Gasteiger partial charge on any atom is 0.240 e. The van der Waals surface area contributed by atoms with Crippen LogP contribution >= 0.6 is 11.3 Å². The van der Waals surface area contributed by atoms with E-state index in [9.17, 15) is 4.79 Å². The molecule has 0 saturated carbocycles. The molecule has 2 heterocycles. The summed E-state index contributed by atoms with van der Waals surface area (Å²) in [4.78, 5) is 19.1. The number of fused-ring (bicyclic) bond motifs is 1. The Balaban J connectivity index is 1.37. The first-order valence-electron chi connectivity index (χ1n) is 9.79. The molecule has 1 amide bonds. The van der Waals surface area contributed by atoms with Crippen molar-refractivity contribution in [1.29, 1.82) is 0 Å². The summed E-state index contributed by atoms with van der Waals surface area (Å²) < 4.78 is 10.8. The molecule has 0 fully saturated rings. The van der Waals surface area contributed by atoms with E-state index < -0.39 is 0 Å². The van der Waals surface area contributed by atoms with Crippen molar-refractivity contribution in [2.75, 3.05) is 25.7 Å². The van der Waals surface area contributed by atoms with E-state index in [0.717, 1.165) is 28.3 Å². The van der Waals surface area contributed by atoms with Gasteiger partial charge in [0.1, 0.15) is 0 Å². The summed E-state index contributed by atoms with van der Waals surface area (Å²) >= 11 is 1.45. The van der Waals surface area contributed by atoms with Gasteiger partial charge in [0.15, 0.2) is 16.6 Å². The van der Waals surface area contributed by atoms with Gasteiger partial charge in [0.25, 0.3) is 0 Å². The number of thiazole rings is 1. The highest BCUT2D eigenvalue weighted by atomic mass is 32.1.